The minimum atomic E-state index is -1.24. The summed E-state index contributed by atoms with van der Waals surface area (Å²) in [5.74, 6) is -0.590. The van der Waals surface area contributed by atoms with Gasteiger partial charge in [0.15, 0.2) is 5.60 Å². The van der Waals surface area contributed by atoms with E-state index >= 15 is 0 Å². The Morgan fingerprint density at radius 2 is 2.00 bits per heavy atom. The molecular weight excluding hydrogens is 200 g/mol. The van der Waals surface area contributed by atoms with Crippen LogP contribution in [-0.4, -0.2) is 35.9 Å². The van der Waals surface area contributed by atoms with E-state index in [0.717, 1.165) is 0 Å². The lowest BCUT2D eigenvalue weighted by Gasteiger charge is -2.25. The third kappa shape index (κ3) is 4.90. The molecule has 0 aromatic rings. The average Bonchev–Trinajstić information content (AvgIpc) is 2.15. The maximum atomic E-state index is 11.5. The number of ketones is 1. The Morgan fingerprint density at radius 3 is 2.40 bits per heavy atom. The van der Waals surface area contributed by atoms with Crippen molar-refractivity contribution in [3.8, 4) is 0 Å². The number of ether oxygens (including phenoxy) is 2. The van der Waals surface area contributed by atoms with Crippen molar-refractivity contribution in [1.29, 1.82) is 0 Å². The van der Waals surface area contributed by atoms with Gasteiger partial charge in [-0.05, 0) is 27.2 Å². The molecule has 0 aliphatic heterocycles. The maximum absolute atomic E-state index is 11.5. The molecule has 0 bridgehead atoms. The molecular formula is C10H18O5. The molecule has 1 atom stereocenters. The average molecular weight is 218 g/mol. The highest BCUT2D eigenvalue weighted by molar-refractivity contribution is 5.81. The summed E-state index contributed by atoms with van der Waals surface area (Å²) in [5.41, 5.74) is -1.24. The van der Waals surface area contributed by atoms with Crippen LogP contribution < -0.4 is 0 Å². The SMILES string of the molecule is CCOC(=O)C(C)(CCC(C)=O)OCO. The molecule has 5 heteroatoms. The van der Waals surface area contributed by atoms with E-state index in [4.69, 9.17) is 14.6 Å². The molecule has 0 heterocycles. The van der Waals surface area contributed by atoms with Crippen LogP contribution in [0.2, 0.25) is 0 Å². The van der Waals surface area contributed by atoms with Crippen molar-refractivity contribution in [2.24, 2.45) is 0 Å². The molecule has 0 rings (SSSR count). The highest BCUT2D eigenvalue weighted by Crippen LogP contribution is 2.19. The summed E-state index contributed by atoms with van der Waals surface area (Å²) in [6.07, 6.45) is 0.428. The third-order valence-corrected chi connectivity index (χ3v) is 2.04. The van der Waals surface area contributed by atoms with Crippen LogP contribution in [0.5, 0.6) is 0 Å². The van der Waals surface area contributed by atoms with E-state index in [1.165, 1.54) is 13.8 Å². The Hall–Kier alpha value is -0.940. The second-order valence-electron chi connectivity index (χ2n) is 3.43. The van der Waals surface area contributed by atoms with Crippen molar-refractivity contribution < 1.29 is 24.2 Å². The van der Waals surface area contributed by atoms with Gasteiger partial charge in [-0.2, -0.15) is 0 Å². The Bertz CT molecular complexity index is 226. The lowest BCUT2D eigenvalue weighted by Crippen LogP contribution is -2.40. The molecule has 0 amide bonds. The number of aliphatic hydroxyl groups is 1. The van der Waals surface area contributed by atoms with Crippen LogP contribution in [0.3, 0.4) is 0 Å². The summed E-state index contributed by atoms with van der Waals surface area (Å²) < 4.78 is 9.73. The van der Waals surface area contributed by atoms with E-state index in [1.54, 1.807) is 6.92 Å². The molecule has 5 nitrogen and oxygen atoms in total. The largest absolute Gasteiger partial charge is 0.464 e. The Balaban J connectivity index is 4.42. The van der Waals surface area contributed by atoms with Crippen LogP contribution in [0.4, 0.5) is 0 Å². The molecule has 88 valence electrons. The first-order chi connectivity index (χ1) is 6.96. The van der Waals surface area contributed by atoms with E-state index in [-0.39, 0.29) is 25.2 Å². The molecule has 0 spiro atoms. The first-order valence-electron chi connectivity index (χ1n) is 4.87. The zero-order valence-electron chi connectivity index (χ0n) is 9.41. The van der Waals surface area contributed by atoms with Gasteiger partial charge in [-0.15, -0.1) is 0 Å². The van der Waals surface area contributed by atoms with Gasteiger partial charge in [0.2, 0.25) is 0 Å². The van der Waals surface area contributed by atoms with Gasteiger partial charge in [0.05, 0.1) is 6.61 Å². The second-order valence-corrected chi connectivity index (χ2v) is 3.43. The summed E-state index contributed by atoms with van der Waals surface area (Å²) in [5, 5.41) is 8.67. The number of rotatable bonds is 7. The Morgan fingerprint density at radius 1 is 1.40 bits per heavy atom. The molecule has 1 unspecified atom stereocenters. The molecule has 0 saturated heterocycles. The predicted octanol–water partition coefficient (Wildman–Crippen LogP) is 0.644. The highest BCUT2D eigenvalue weighted by atomic mass is 16.6. The number of aliphatic hydroxyl groups excluding tert-OH is 1. The lowest BCUT2D eigenvalue weighted by molar-refractivity contribution is -0.182. The lowest BCUT2D eigenvalue weighted by atomic mass is 9.99. The standard InChI is InChI=1S/C10H18O5/c1-4-14-9(13)10(3,15-7-11)6-5-8(2)12/h11H,4-7H2,1-3H3. The van der Waals surface area contributed by atoms with Gasteiger partial charge in [0.25, 0.3) is 0 Å². The molecule has 0 aromatic heterocycles. The van der Waals surface area contributed by atoms with Crippen molar-refractivity contribution >= 4 is 11.8 Å². The topological polar surface area (TPSA) is 72.8 Å². The van der Waals surface area contributed by atoms with Gasteiger partial charge in [-0.25, -0.2) is 4.79 Å². The molecule has 0 saturated carbocycles. The van der Waals surface area contributed by atoms with Crippen LogP contribution in [-0.2, 0) is 19.1 Å². The van der Waals surface area contributed by atoms with Crippen molar-refractivity contribution in [2.45, 2.75) is 39.2 Å². The summed E-state index contributed by atoms with van der Waals surface area (Å²) in [4.78, 5) is 22.3. The van der Waals surface area contributed by atoms with Crippen LogP contribution >= 0.6 is 0 Å². The fourth-order valence-corrected chi connectivity index (χ4v) is 1.07. The normalized spacial score (nSPS) is 14.4. The first kappa shape index (κ1) is 14.1. The molecule has 0 aliphatic rings. The van der Waals surface area contributed by atoms with E-state index in [0.29, 0.717) is 0 Å². The van der Waals surface area contributed by atoms with E-state index in [2.05, 4.69) is 0 Å². The molecule has 0 aliphatic carbocycles. The molecule has 15 heavy (non-hydrogen) atoms. The van der Waals surface area contributed by atoms with Gasteiger partial charge in [0, 0.05) is 6.42 Å². The van der Waals surface area contributed by atoms with E-state index < -0.39 is 18.4 Å². The summed E-state index contributed by atoms with van der Waals surface area (Å²) in [6, 6.07) is 0. The van der Waals surface area contributed by atoms with Crippen LogP contribution in [0.1, 0.15) is 33.6 Å². The second kappa shape index (κ2) is 6.53. The number of esters is 1. The molecule has 0 aromatic carbocycles. The van der Waals surface area contributed by atoms with Crippen molar-refractivity contribution in [1.82, 2.24) is 0 Å². The Labute approximate surface area is 89.4 Å². The Kier molecular flexibility index (Phi) is 6.12. The van der Waals surface area contributed by atoms with E-state index in [1.807, 2.05) is 0 Å². The summed E-state index contributed by atoms with van der Waals surface area (Å²) in [7, 11) is 0. The van der Waals surface area contributed by atoms with Gasteiger partial charge in [-0.3, -0.25) is 0 Å². The van der Waals surface area contributed by atoms with Gasteiger partial charge in [0.1, 0.15) is 12.6 Å². The van der Waals surface area contributed by atoms with Gasteiger partial charge < -0.3 is 19.4 Å². The van der Waals surface area contributed by atoms with Crippen molar-refractivity contribution in [3.63, 3.8) is 0 Å². The molecule has 0 fully saturated rings. The summed E-state index contributed by atoms with van der Waals surface area (Å²) in [6.45, 7) is 4.29. The number of Topliss-reactive ketones (excluding diaryl/α,β-unsaturated/α-hetero) is 1. The minimum absolute atomic E-state index is 0.0351. The first-order valence-corrected chi connectivity index (χ1v) is 4.87. The number of carbonyl (C=O) groups is 2. The zero-order valence-corrected chi connectivity index (χ0v) is 9.41. The number of hydrogen-bond donors (Lipinski definition) is 1. The highest BCUT2D eigenvalue weighted by Gasteiger charge is 2.35. The monoisotopic (exact) mass is 218 g/mol. The fourth-order valence-electron chi connectivity index (χ4n) is 1.07. The van der Waals surface area contributed by atoms with E-state index in [9.17, 15) is 9.59 Å². The van der Waals surface area contributed by atoms with Crippen molar-refractivity contribution in [2.75, 3.05) is 13.4 Å². The van der Waals surface area contributed by atoms with Crippen LogP contribution in [0, 0.1) is 0 Å². The van der Waals surface area contributed by atoms with Crippen LogP contribution in [0.15, 0.2) is 0 Å². The molecule has 0 radical (unpaired) electrons. The van der Waals surface area contributed by atoms with Crippen molar-refractivity contribution in [3.05, 3.63) is 0 Å². The number of hydrogen-bond acceptors (Lipinski definition) is 5. The van der Waals surface area contributed by atoms with Gasteiger partial charge >= 0.3 is 5.97 Å². The minimum Gasteiger partial charge on any atom is -0.464 e. The van der Waals surface area contributed by atoms with Gasteiger partial charge in [-0.1, -0.05) is 0 Å². The maximum Gasteiger partial charge on any atom is 0.338 e. The zero-order chi connectivity index (χ0) is 11.9. The smallest absolute Gasteiger partial charge is 0.338 e. The predicted molar refractivity (Wildman–Crippen MR) is 53.1 cm³/mol. The van der Waals surface area contributed by atoms with Crippen LogP contribution in [0.25, 0.3) is 0 Å². The summed E-state index contributed by atoms with van der Waals surface area (Å²) >= 11 is 0. The fraction of sp³-hybridized carbons (Fsp3) is 0.800. The third-order valence-electron chi connectivity index (χ3n) is 2.04. The molecule has 1 N–H and O–H groups in total. The quantitative estimate of drug-likeness (QED) is 0.501. The number of carbonyl (C=O) groups excluding carboxylic acids is 2.